The molecule has 8 nitrogen and oxygen atoms in total. The molecule has 5 N–H and O–H groups in total. The summed E-state index contributed by atoms with van der Waals surface area (Å²) in [5.41, 5.74) is 6.63. The predicted molar refractivity (Wildman–Crippen MR) is 122 cm³/mol. The zero-order valence-electron chi connectivity index (χ0n) is 17.7. The summed E-state index contributed by atoms with van der Waals surface area (Å²) in [5.74, 6) is -0.719. The van der Waals surface area contributed by atoms with Gasteiger partial charge in [0.2, 0.25) is 0 Å². The van der Waals surface area contributed by atoms with Gasteiger partial charge in [-0.1, -0.05) is 24.3 Å². The molecule has 3 aromatic rings. The zero-order valence-corrected chi connectivity index (χ0v) is 17.7. The van der Waals surface area contributed by atoms with Crippen molar-refractivity contribution >= 4 is 17.4 Å². The van der Waals surface area contributed by atoms with Gasteiger partial charge in [0.25, 0.3) is 11.8 Å². The third-order valence-corrected chi connectivity index (χ3v) is 5.27. The van der Waals surface area contributed by atoms with Crippen LogP contribution in [0.15, 0.2) is 83.4 Å². The Morgan fingerprint density at radius 1 is 1.06 bits per heavy atom. The average Bonchev–Trinajstić information content (AvgIpc) is 3.44. The lowest BCUT2D eigenvalue weighted by atomic mass is 10.0. The molecule has 8 heteroatoms. The molecule has 0 saturated heterocycles. The lowest BCUT2D eigenvalue weighted by Gasteiger charge is -2.08. The van der Waals surface area contributed by atoms with Crippen molar-refractivity contribution in [2.45, 2.75) is 19.4 Å². The molecule has 2 heterocycles. The van der Waals surface area contributed by atoms with Crippen LogP contribution in [0.3, 0.4) is 0 Å². The number of hydroxylamine groups is 1. The highest BCUT2D eigenvalue weighted by Gasteiger charge is 2.19. The van der Waals surface area contributed by atoms with Gasteiger partial charge in [0.15, 0.2) is 0 Å². The monoisotopic (exact) mass is 445 g/mol. The fourth-order valence-electron chi connectivity index (χ4n) is 3.58. The van der Waals surface area contributed by atoms with Gasteiger partial charge in [-0.2, -0.15) is 0 Å². The maximum Gasteiger partial charge on any atom is 0.274 e. The van der Waals surface area contributed by atoms with Crippen molar-refractivity contribution in [2.24, 2.45) is 0 Å². The number of furan rings is 1. The Labute approximate surface area is 189 Å². The van der Waals surface area contributed by atoms with Crippen LogP contribution in [-0.2, 0) is 13.0 Å². The highest BCUT2D eigenvalue weighted by atomic mass is 16.5. The average molecular weight is 445 g/mol. The molecule has 2 amide bonds. The van der Waals surface area contributed by atoms with E-state index in [1.54, 1.807) is 54.4 Å². The molecule has 4 rings (SSSR count). The first-order chi connectivity index (χ1) is 16.0. The number of aliphatic hydroxyl groups excluding tert-OH is 1. The smallest absolute Gasteiger partial charge is 0.274 e. The van der Waals surface area contributed by atoms with Gasteiger partial charge in [0.1, 0.15) is 11.5 Å². The first-order valence-electron chi connectivity index (χ1n) is 10.3. The minimum absolute atomic E-state index is 0.156. The predicted octanol–water partition coefficient (Wildman–Crippen LogP) is 4.03. The standard InChI is InChI=1S/C25H23N3O5/c29-21-3-1-2-18(8-9-21)22-13-20(12-17-10-11-33-15-17)27-23(22)25(31)26-14-16-4-6-19(7-5-16)24(30)28-32/h1,3-11,13,15,27,29,32H,2,12,14H2,(H,26,31)(H,28,30). The number of aliphatic hydroxyl groups is 1. The fourth-order valence-corrected chi connectivity index (χ4v) is 3.58. The Morgan fingerprint density at radius 2 is 1.88 bits per heavy atom. The van der Waals surface area contributed by atoms with Gasteiger partial charge in [0.05, 0.1) is 12.5 Å². The maximum atomic E-state index is 13.1. The van der Waals surface area contributed by atoms with Crippen molar-refractivity contribution in [3.63, 3.8) is 0 Å². The van der Waals surface area contributed by atoms with Crippen LogP contribution in [0.25, 0.3) is 5.57 Å². The summed E-state index contributed by atoms with van der Waals surface area (Å²) in [6.45, 7) is 0.259. The molecule has 0 saturated carbocycles. The van der Waals surface area contributed by atoms with E-state index in [0.29, 0.717) is 24.1 Å². The van der Waals surface area contributed by atoms with E-state index in [9.17, 15) is 14.7 Å². The topological polar surface area (TPSA) is 128 Å². The molecule has 1 aromatic carbocycles. The highest BCUT2D eigenvalue weighted by Crippen LogP contribution is 2.27. The number of carbonyl (C=O) groups excluding carboxylic acids is 2. The fraction of sp³-hybridized carbons (Fsp3) is 0.120. The molecule has 0 aliphatic heterocycles. The van der Waals surface area contributed by atoms with E-state index in [1.165, 1.54) is 0 Å². The maximum absolute atomic E-state index is 13.1. The van der Waals surface area contributed by atoms with Crippen LogP contribution < -0.4 is 10.8 Å². The molecule has 1 aliphatic rings. The number of carbonyl (C=O) groups is 2. The Morgan fingerprint density at radius 3 is 2.61 bits per heavy atom. The second-order valence-corrected chi connectivity index (χ2v) is 7.60. The number of nitrogens with one attached hydrogen (secondary N) is 3. The van der Waals surface area contributed by atoms with Crippen LogP contribution in [-0.4, -0.2) is 27.1 Å². The number of allylic oxidation sites excluding steroid dienone is 5. The van der Waals surface area contributed by atoms with E-state index < -0.39 is 5.91 Å². The molecule has 0 spiro atoms. The Balaban J connectivity index is 1.55. The van der Waals surface area contributed by atoms with Crippen LogP contribution in [0, 0.1) is 0 Å². The van der Waals surface area contributed by atoms with Crippen molar-refractivity contribution in [1.82, 2.24) is 15.8 Å². The van der Waals surface area contributed by atoms with Crippen molar-refractivity contribution in [3.8, 4) is 0 Å². The molecule has 0 bridgehead atoms. The summed E-state index contributed by atoms with van der Waals surface area (Å²) in [6, 6.07) is 10.4. The van der Waals surface area contributed by atoms with Gasteiger partial charge in [-0.05, 0) is 59.5 Å². The summed E-state index contributed by atoms with van der Waals surface area (Å²) in [4.78, 5) is 27.8. The van der Waals surface area contributed by atoms with Crippen LogP contribution in [0.1, 0.15) is 49.7 Å². The number of hydrogen-bond donors (Lipinski definition) is 5. The van der Waals surface area contributed by atoms with Gasteiger partial charge in [-0.15, -0.1) is 0 Å². The second-order valence-electron chi connectivity index (χ2n) is 7.60. The van der Waals surface area contributed by atoms with E-state index in [2.05, 4.69) is 10.3 Å². The number of benzene rings is 1. The number of aromatic nitrogens is 1. The quantitative estimate of drug-likeness (QED) is 0.277. The van der Waals surface area contributed by atoms with Gasteiger partial charge in [0, 0.05) is 29.8 Å². The number of H-pyrrole nitrogens is 1. The summed E-state index contributed by atoms with van der Waals surface area (Å²) in [5, 5.41) is 21.4. The van der Waals surface area contributed by atoms with Crippen molar-refractivity contribution in [2.75, 3.05) is 0 Å². The number of amides is 2. The lowest BCUT2D eigenvalue weighted by molar-refractivity contribution is 0.0706. The Hall–Kier alpha value is -4.30. The molecule has 2 aromatic heterocycles. The van der Waals surface area contributed by atoms with E-state index in [4.69, 9.17) is 9.62 Å². The van der Waals surface area contributed by atoms with Crippen molar-refractivity contribution < 1.29 is 24.3 Å². The van der Waals surface area contributed by atoms with Gasteiger partial charge in [-0.3, -0.25) is 14.8 Å². The number of rotatable bonds is 7. The first-order valence-corrected chi connectivity index (χ1v) is 10.3. The van der Waals surface area contributed by atoms with E-state index in [-0.39, 0.29) is 18.2 Å². The third-order valence-electron chi connectivity index (χ3n) is 5.27. The third kappa shape index (κ3) is 5.31. The normalized spacial score (nSPS) is 13.1. The minimum Gasteiger partial charge on any atom is -0.508 e. The highest BCUT2D eigenvalue weighted by molar-refractivity contribution is 5.98. The van der Waals surface area contributed by atoms with Crippen LogP contribution in [0.2, 0.25) is 0 Å². The largest absolute Gasteiger partial charge is 0.508 e. The van der Waals surface area contributed by atoms with Gasteiger partial charge >= 0.3 is 0 Å². The summed E-state index contributed by atoms with van der Waals surface area (Å²) in [7, 11) is 0. The first kappa shape index (κ1) is 21.9. The summed E-state index contributed by atoms with van der Waals surface area (Å²) < 4.78 is 5.15. The Bertz CT molecular complexity index is 1230. The molecule has 1 aliphatic carbocycles. The van der Waals surface area contributed by atoms with E-state index in [1.807, 2.05) is 24.3 Å². The summed E-state index contributed by atoms with van der Waals surface area (Å²) >= 11 is 0. The molecule has 168 valence electrons. The van der Waals surface area contributed by atoms with E-state index in [0.717, 1.165) is 28.0 Å². The van der Waals surface area contributed by atoms with E-state index >= 15 is 0 Å². The molecule has 0 unspecified atom stereocenters. The van der Waals surface area contributed by atoms with Gasteiger partial charge in [-0.25, -0.2) is 5.48 Å². The molecule has 0 atom stereocenters. The Kier molecular flexibility index (Phi) is 6.56. The van der Waals surface area contributed by atoms with Crippen LogP contribution in [0.5, 0.6) is 0 Å². The lowest BCUT2D eigenvalue weighted by Crippen LogP contribution is -2.24. The SMILES string of the molecule is O=C(NO)c1ccc(CNC(=O)c2[nH]c(Cc3ccoc3)cc2C2=CC=C(O)C=CC2)cc1. The second kappa shape index (κ2) is 9.88. The molecule has 33 heavy (non-hydrogen) atoms. The van der Waals surface area contributed by atoms with Crippen LogP contribution in [0.4, 0.5) is 0 Å². The van der Waals surface area contributed by atoms with Crippen molar-refractivity contribution in [3.05, 3.63) is 113 Å². The van der Waals surface area contributed by atoms with Crippen molar-refractivity contribution in [1.29, 1.82) is 0 Å². The van der Waals surface area contributed by atoms with Gasteiger partial charge < -0.3 is 19.8 Å². The number of hydrogen-bond acceptors (Lipinski definition) is 5. The van der Waals surface area contributed by atoms with Crippen LogP contribution >= 0.6 is 0 Å². The molecular formula is C25H23N3O5. The minimum atomic E-state index is -0.599. The molecular weight excluding hydrogens is 422 g/mol. The summed E-state index contributed by atoms with van der Waals surface area (Å²) in [6.07, 6.45) is 11.3. The number of aromatic amines is 1. The zero-order chi connectivity index (χ0) is 23.2. The molecule has 0 radical (unpaired) electrons. The molecule has 0 fully saturated rings.